The predicted octanol–water partition coefficient (Wildman–Crippen LogP) is 5.71. The molecule has 1 aromatic rings. The molecule has 1 rings (SSSR count). The average Bonchev–Trinajstić information content (AvgIpc) is 2.75. The Morgan fingerprint density at radius 1 is 0.935 bits per heavy atom. The Labute approximate surface area is 189 Å². The molecule has 0 aliphatic carbocycles. The third-order valence-electron chi connectivity index (χ3n) is 5.72. The monoisotopic (exact) mass is 434 g/mol. The van der Waals surface area contributed by atoms with E-state index >= 15 is 0 Å². The van der Waals surface area contributed by atoms with Crippen molar-refractivity contribution >= 4 is 5.97 Å². The number of rotatable bonds is 15. The lowest BCUT2D eigenvalue weighted by atomic mass is 9.86. The predicted molar refractivity (Wildman–Crippen MR) is 126 cm³/mol. The second-order valence-electron chi connectivity index (χ2n) is 8.70. The lowest BCUT2D eigenvalue weighted by Gasteiger charge is -2.21. The quantitative estimate of drug-likeness (QED) is 0.201. The highest BCUT2D eigenvalue weighted by Crippen LogP contribution is 2.31. The van der Waals surface area contributed by atoms with E-state index in [4.69, 9.17) is 18.9 Å². The highest BCUT2D eigenvalue weighted by Gasteiger charge is 2.21. The zero-order valence-electron chi connectivity index (χ0n) is 20.5. The Kier molecular flexibility index (Phi) is 13.0. The van der Waals surface area contributed by atoms with Gasteiger partial charge in [0.2, 0.25) is 0 Å². The Morgan fingerprint density at radius 2 is 1.65 bits per heavy atom. The standard InChI is InChI=1S/C26H42O5/c1-19(2)22(11-8-9-12-23(20(3)4)26(27)30-7)17-21-13-14-24(29-6)25(18-21)31-16-10-15-28-5/h8-9,13-14,18-20,22-23H,10-12,15-17H2,1-7H3/b9-8+/t22-,23+/m1/s1. The maximum Gasteiger partial charge on any atom is 0.309 e. The van der Waals surface area contributed by atoms with E-state index < -0.39 is 0 Å². The van der Waals surface area contributed by atoms with Gasteiger partial charge in [0, 0.05) is 20.1 Å². The summed E-state index contributed by atoms with van der Waals surface area (Å²) in [6.07, 6.45) is 7.85. The molecule has 0 N–H and O–H groups in total. The fourth-order valence-corrected chi connectivity index (χ4v) is 3.55. The van der Waals surface area contributed by atoms with Crippen molar-refractivity contribution in [3.63, 3.8) is 0 Å². The van der Waals surface area contributed by atoms with E-state index in [1.807, 2.05) is 6.07 Å². The lowest BCUT2D eigenvalue weighted by Crippen LogP contribution is -2.21. The van der Waals surface area contributed by atoms with Crippen LogP contribution in [-0.4, -0.2) is 40.5 Å². The maximum absolute atomic E-state index is 11.9. The van der Waals surface area contributed by atoms with Crippen molar-refractivity contribution in [2.75, 3.05) is 34.5 Å². The molecule has 5 nitrogen and oxygen atoms in total. The van der Waals surface area contributed by atoms with Gasteiger partial charge in [0.1, 0.15) is 0 Å². The van der Waals surface area contributed by atoms with Crippen LogP contribution in [0.3, 0.4) is 0 Å². The van der Waals surface area contributed by atoms with Gasteiger partial charge in [0.05, 0.1) is 26.7 Å². The van der Waals surface area contributed by atoms with Gasteiger partial charge in [-0.3, -0.25) is 4.79 Å². The van der Waals surface area contributed by atoms with Gasteiger partial charge >= 0.3 is 5.97 Å². The highest BCUT2D eigenvalue weighted by molar-refractivity contribution is 5.72. The molecule has 0 bridgehead atoms. The van der Waals surface area contributed by atoms with Crippen LogP contribution in [0.1, 0.15) is 52.5 Å². The first-order chi connectivity index (χ1) is 14.8. The van der Waals surface area contributed by atoms with E-state index in [1.54, 1.807) is 14.2 Å². The summed E-state index contributed by atoms with van der Waals surface area (Å²) in [5.41, 5.74) is 1.24. The summed E-state index contributed by atoms with van der Waals surface area (Å²) in [6, 6.07) is 6.20. The minimum atomic E-state index is -0.128. The van der Waals surface area contributed by atoms with E-state index in [1.165, 1.54) is 12.7 Å². The van der Waals surface area contributed by atoms with E-state index in [9.17, 15) is 4.79 Å². The second kappa shape index (κ2) is 14.9. The molecule has 0 spiro atoms. The van der Waals surface area contributed by atoms with Gasteiger partial charge in [-0.1, -0.05) is 45.9 Å². The Balaban J connectivity index is 2.76. The molecule has 0 unspecified atom stereocenters. The van der Waals surface area contributed by atoms with Crippen molar-refractivity contribution in [3.05, 3.63) is 35.9 Å². The van der Waals surface area contributed by atoms with Gasteiger partial charge in [-0.25, -0.2) is 0 Å². The van der Waals surface area contributed by atoms with E-state index in [0.29, 0.717) is 25.0 Å². The summed E-state index contributed by atoms with van der Waals surface area (Å²) >= 11 is 0. The maximum atomic E-state index is 11.9. The van der Waals surface area contributed by atoms with Crippen molar-refractivity contribution in [2.24, 2.45) is 23.7 Å². The number of hydrogen-bond donors (Lipinski definition) is 0. The second-order valence-corrected chi connectivity index (χ2v) is 8.70. The normalized spacial score (nSPS) is 13.6. The number of benzene rings is 1. The molecule has 0 aromatic heterocycles. The van der Waals surface area contributed by atoms with Crippen molar-refractivity contribution in [2.45, 2.75) is 53.4 Å². The van der Waals surface area contributed by atoms with Crippen molar-refractivity contribution in [1.82, 2.24) is 0 Å². The fourth-order valence-electron chi connectivity index (χ4n) is 3.55. The van der Waals surface area contributed by atoms with Crippen LogP contribution in [0.25, 0.3) is 0 Å². The zero-order valence-corrected chi connectivity index (χ0v) is 20.5. The topological polar surface area (TPSA) is 54.0 Å². The highest BCUT2D eigenvalue weighted by atomic mass is 16.5. The average molecular weight is 435 g/mol. The van der Waals surface area contributed by atoms with Crippen molar-refractivity contribution in [3.8, 4) is 11.5 Å². The van der Waals surface area contributed by atoms with Gasteiger partial charge in [-0.05, 0) is 54.7 Å². The van der Waals surface area contributed by atoms with Crippen LogP contribution < -0.4 is 9.47 Å². The zero-order chi connectivity index (χ0) is 23.2. The molecule has 0 fully saturated rings. The molecular weight excluding hydrogens is 392 g/mol. The van der Waals surface area contributed by atoms with Crippen LogP contribution in [0.15, 0.2) is 30.4 Å². The summed E-state index contributed by atoms with van der Waals surface area (Å²) < 4.78 is 21.4. The number of allylic oxidation sites excluding steroid dienone is 2. The molecule has 0 saturated carbocycles. The lowest BCUT2D eigenvalue weighted by molar-refractivity contribution is -0.146. The van der Waals surface area contributed by atoms with Gasteiger partial charge in [0.25, 0.3) is 0 Å². The first-order valence-electron chi connectivity index (χ1n) is 11.3. The van der Waals surface area contributed by atoms with E-state index in [0.717, 1.165) is 37.2 Å². The smallest absolute Gasteiger partial charge is 0.309 e. The van der Waals surface area contributed by atoms with E-state index in [-0.39, 0.29) is 17.8 Å². The molecule has 1 aromatic carbocycles. The molecule has 0 heterocycles. The number of ether oxygens (including phenoxy) is 4. The molecule has 0 aliphatic heterocycles. The molecule has 2 atom stereocenters. The molecule has 31 heavy (non-hydrogen) atoms. The number of hydrogen-bond acceptors (Lipinski definition) is 5. The molecule has 0 radical (unpaired) electrons. The van der Waals surface area contributed by atoms with Gasteiger partial charge in [0.15, 0.2) is 11.5 Å². The molecule has 176 valence electrons. The van der Waals surface area contributed by atoms with Crippen LogP contribution >= 0.6 is 0 Å². The van der Waals surface area contributed by atoms with Crippen LogP contribution in [0.5, 0.6) is 11.5 Å². The Bertz CT molecular complexity index is 666. The number of carbonyl (C=O) groups excluding carboxylic acids is 1. The number of carbonyl (C=O) groups is 1. The van der Waals surface area contributed by atoms with Gasteiger partial charge in [-0.15, -0.1) is 0 Å². The Hall–Kier alpha value is -2.01. The summed E-state index contributed by atoms with van der Waals surface area (Å²) in [6.45, 7) is 9.92. The van der Waals surface area contributed by atoms with Crippen molar-refractivity contribution in [1.29, 1.82) is 0 Å². The summed E-state index contributed by atoms with van der Waals surface area (Å²) in [5, 5.41) is 0. The van der Waals surface area contributed by atoms with Crippen LogP contribution in [0.2, 0.25) is 0 Å². The Morgan fingerprint density at radius 3 is 2.23 bits per heavy atom. The van der Waals surface area contributed by atoms with Gasteiger partial charge in [-0.2, -0.15) is 0 Å². The molecular formula is C26H42O5. The first-order valence-corrected chi connectivity index (χ1v) is 11.3. The number of esters is 1. The third-order valence-corrected chi connectivity index (χ3v) is 5.72. The number of methoxy groups -OCH3 is 3. The largest absolute Gasteiger partial charge is 0.493 e. The molecule has 0 amide bonds. The minimum Gasteiger partial charge on any atom is -0.493 e. The molecule has 5 heteroatoms. The fraction of sp³-hybridized carbons (Fsp3) is 0.654. The van der Waals surface area contributed by atoms with E-state index in [2.05, 4.69) is 52.0 Å². The summed E-state index contributed by atoms with van der Waals surface area (Å²) in [4.78, 5) is 11.9. The minimum absolute atomic E-state index is 0.0850. The first kappa shape index (κ1) is 27.0. The van der Waals surface area contributed by atoms with Crippen LogP contribution in [-0.2, 0) is 20.7 Å². The van der Waals surface area contributed by atoms with Crippen molar-refractivity contribution < 1.29 is 23.7 Å². The SMILES string of the molecule is COCCCOc1cc(C[C@@H](C/C=C/C[C@H](C(=O)OC)C(C)C)C(C)C)ccc1OC. The molecule has 0 aliphatic rings. The van der Waals surface area contributed by atoms with Crippen LogP contribution in [0.4, 0.5) is 0 Å². The molecule has 0 saturated heterocycles. The van der Waals surface area contributed by atoms with Gasteiger partial charge < -0.3 is 18.9 Å². The summed E-state index contributed by atoms with van der Waals surface area (Å²) in [7, 11) is 4.82. The van der Waals surface area contributed by atoms with Crippen LogP contribution in [0, 0.1) is 23.7 Å². The summed E-state index contributed by atoms with van der Waals surface area (Å²) in [5.74, 6) is 2.63. The third kappa shape index (κ3) is 9.77.